The summed E-state index contributed by atoms with van der Waals surface area (Å²) in [5, 5.41) is -0.600. The van der Waals surface area contributed by atoms with Gasteiger partial charge in [-0.2, -0.15) is 0 Å². The fourth-order valence-electron chi connectivity index (χ4n) is 3.12. The minimum atomic E-state index is -3.34. The lowest BCUT2D eigenvalue weighted by atomic mass is 10.1. The molecule has 3 rings (SSSR count). The third kappa shape index (κ3) is 4.40. The van der Waals surface area contributed by atoms with Gasteiger partial charge in [0.15, 0.2) is 15.7 Å². The second-order valence-corrected chi connectivity index (χ2v) is 8.90. The average Bonchev–Trinajstić information content (AvgIpc) is 2.67. The number of nitrogens with zero attached hydrogens (tertiary/aromatic N) is 2. The minimum absolute atomic E-state index is 0.0791. The third-order valence-electron chi connectivity index (χ3n) is 4.62. The number of hydrogen-bond acceptors (Lipinski definition) is 6. The number of aryl methyl sites for hydroxylation is 2. The molecule has 0 saturated carbocycles. The van der Waals surface area contributed by atoms with E-state index in [0.717, 1.165) is 23.3 Å². The summed E-state index contributed by atoms with van der Waals surface area (Å²) in [5.74, 6) is 1.29. The minimum Gasteiger partial charge on any atom is -0.497 e. The van der Waals surface area contributed by atoms with Crippen LogP contribution in [0.3, 0.4) is 0 Å². The standard InChI is InChI=1S/C19H24N2O4S/c1-14-12-20-19(21-13-14)18-17(4-3-10-25-18)26(22,23)11-9-15-5-7-16(24-2)8-6-15/h5-8,12-13,17-18H,3-4,9-11H2,1-2H3/t17-,18-/m0/s1. The van der Waals surface area contributed by atoms with Gasteiger partial charge in [0.2, 0.25) is 0 Å². The van der Waals surface area contributed by atoms with Gasteiger partial charge in [0.05, 0.1) is 18.1 Å². The van der Waals surface area contributed by atoms with Crippen LogP contribution in [0.5, 0.6) is 5.75 Å². The van der Waals surface area contributed by atoms with Crippen molar-refractivity contribution in [3.63, 3.8) is 0 Å². The van der Waals surface area contributed by atoms with Crippen LogP contribution in [0.2, 0.25) is 0 Å². The molecule has 7 heteroatoms. The van der Waals surface area contributed by atoms with Gasteiger partial charge >= 0.3 is 0 Å². The van der Waals surface area contributed by atoms with Crippen molar-refractivity contribution in [2.24, 2.45) is 0 Å². The predicted molar refractivity (Wildman–Crippen MR) is 99.0 cm³/mol. The van der Waals surface area contributed by atoms with Crippen LogP contribution < -0.4 is 4.74 Å². The van der Waals surface area contributed by atoms with Crippen molar-refractivity contribution in [1.29, 1.82) is 0 Å². The summed E-state index contributed by atoms with van der Waals surface area (Å²) >= 11 is 0. The molecule has 1 saturated heterocycles. The molecule has 0 bridgehead atoms. The van der Waals surface area contributed by atoms with E-state index in [-0.39, 0.29) is 5.75 Å². The molecule has 6 nitrogen and oxygen atoms in total. The van der Waals surface area contributed by atoms with E-state index < -0.39 is 21.2 Å². The molecule has 1 fully saturated rings. The van der Waals surface area contributed by atoms with Crippen LogP contribution in [0.4, 0.5) is 0 Å². The van der Waals surface area contributed by atoms with Gasteiger partial charge in [-0.05, 0) is 49.4 Å². The summed E-state index contributed by atoms with van der Waals surface area (Å²) in [4.78, 5) is 8.58. The van der Waals surface area contributed by atoms with Gasteiger partial charge in [-0.1, -0.05) is 12.1 Å². The number of rotatable bonds is 6. The Hall–Kier alpha value is -1.99. The number of hydrogen-bond donors (Lipinski definition) is 0. The lowest BCUT2D eigenvalue weighted by Gasteiger charge is -2.30. The van der Waals surface area contributed by atoms with Gasteiger partial charge in [-0.25, -0.2) is 18.4 Å². The molecule has 0 N–H and O–H groups in total. The Kier molecular flexibility index (Phi) is 5.88. The Balaban J connectivity index is 1.73. The van der Waals surface area contributed by atoms with E-state index in [1.54, 1.807) is 19.5 Å². The van der Waals surface area contributed by atoms with Crippen molar-refractivity contribution >= 4 is 9.84 Å². The third-order valence-corrected chi connectivity index (χ3v) is 6.80. The highest BCUT2D eigenvalue weighted by Crippen LogP contribution is 2.32. The maximum Gasteiger partial charge on any atom is 0.158 e. The summed E-state index contributed by atoms with van der Waals surface area (Å²) in [7, 11) is -1.73. The Bertz CT molecular complexity index is 820. The number of ether oxygens (including phenoxy) is 2. The molecule has 0 aliphatic carbocycles. The number of sulfone groups is 1. The molecule has 1 aliphatic heterocycles. The van der Waals surface area contributed by atoms with Crippen molar-refractivity contribution in [2.75, 3.05) is 19.5 Å². The van der Waals surface area contributed by atoms with Crippen LogP contribution in [0.25, 0.3) is 0 Å². The molecule has 0 spiro atoms. The molecular formula is C19H24N2O4S. The lowest BCUT2D eigenvalue weighted by Crippen LogP contribution is -2.37. The van der Waals surface area contributed by atoms with Crippen LogP contribution in [-0.2, 0) is 21.0 Å². The maximum absolute atomic E-state index is 13.0. The summed E-state index contributed by atoms with van der Waals surface area (Å²) in [6, 6.07) is 7.47. The summed E-state index contributed by atoms with van der Waals surface area (Å²) in [5.41, 5.74) is 1.90. The zero-order chi connectivity index (χ0) is 18.6. The van der Waals surface area contributed by atoms with Gasteiger partial charge in [0, 0.05) is 19.0 Å². The first-order valence-corrected chi connectivity index (χ1v) is 10.5. The Labute approximate surface area is 154 Å². The Morgan fingerprint density at radius 1 is 1.19 bits per heavy atom. The lowest BCUT2D eigenvalue weighted by molar-refractivity contribution is 0.0125. The monoisotopic (exact) mass is 376 g/mol. The van der Waals surface area contributed by atoms with Gasteiger partial charge in [-0.15, -0.1) is 0 Å². The smallest absolute Gasteiger partial charge is 0.158 e. The van der Waals surface area contributed by atoms with Crippen LogP contribution in [-0.4, -0.2) is 43.1 Å². The van der Waals surface area contributed by atoms with Crippen LogP contribution in [0.15, 0.2) is 36.7 Å². The zero-order valence-corrected chi connectivity index (χ0v) is 15.9. The highest BCUT2D eigenvalue weighted by molar-refractivity contribution is 7.92. The van der Waals surface area contributed by atoms with Crippen LogP contribution >= 0.6 is 0 Å². The predicted octanol–water partition coefficient (Wildman–Crippen LogP) is 2.67. The first-order chi connectivity index (χ1) is 12.5. The molecule has 1 aromatic heterocycles. The fraction of sp³-hybridized carbons (Fsp3) is 0.474. The molecule has 1 aromatic carbocycles. The molecule has 2 atom stereocenters. The Morgan fingerprint density at radius 2 is 1.88 bits per heavy atom. The second-order valence-electron chi connectivity index (χ2n) is 6.56. The quantitative estimate of drug-likeness (QED) is 0.771. The fourth-order valence-corrected chi connectivity index (χ4v) is 5.04. The first kappa shape index (κ1) is 18.8. The molecule has 1 aliphatic rings. The highest BCUT2D eigenvalue weighted by atomic mass is 32.2. The number of benzene rings is 1. The maximum atomic E-state index is 13.0. The van der Waals surface area contributed by atoms with Gasteiger partial charge in [-0.3, -0.25) is 0 Å². The van der Waals surface area contributed by atoms with E-state index in [9.17, 15) is 8.42 Å². The molecule has 26 heavy (non-hydrogen) atoms. The molecule has 2 aromatic rings. The summed E-state index contributed by atoms with van der Waals surface area (Å²) in [6.45, 7) is 2.43. The Morgan fingerprint density at radius 3 is 2.54 bits per heavy atom. The van der Waals surface area contributed by atoms with E-state index >= 15 is 0 Å². The molecule has 0 unspecified atom stereocenters. The van der Waals surface area contributed by atoms with Crippen LogP contribution in [0, 0.1) is 6.92 Å². The first-order valence-electron chi connectivity index (χ1n) is 8.74. The van der Waals surface area contributed by atoms with Crippen LogP contribution in [0.1, 0.15) is 35.9 Å². The molecular weight excluding hydrogens is 352 g/mol. The molecule has 140 valence electrons. The van der Waals surface area contributed by atoms with E-state index in [1.165, 1.54) is 0 Å². The van der Waals surface area contributed by atoms with Gasteiger partial charge < -0.3 is 9.47 Å². The second kappa shape index (κ2) is 8.14. The molecule has 0 radical (unpaired) electrons. The van der Waals surface area contributed by atoms with Gasteiger partial charge in [0.1, 0.15) is 11.9 Å². The zero-order valence-electron chi connectivity index (χ0n) is 15.1. The SMILES string of the molecule is COc1ccc(CCS(=O)(=O)[C@H]2CCCO[C@@H]2c2ncc(C)cn2)cc1. The van der Waals surface area contributed by atoms with E-state index in [0.29, 0.717) is 25.3 Å². The number of methoxy groups -OCH3 is 1. The molecule has 0 amide bonds. The topological polar surface area (TPSA) is 78.4 Å². The number of aromatic nitrogens is 2. The van der Waals surface area contributed by atoms with Crippen molar-refractivity contribution in [2.45, 2.75) is 37.5 Å². The van der Waals surface area contributed by atoms with E-state index in [4.69, 9.17) is 9.47 Å². The molecule has 2 heterocycles. The van der Waals surface area contributed by atoms with Gasteiger partial charge in [0.25, 0.3) is 0 Å². The highest BCUT2D eigenvalue weighted by Gasteiger charge is 2.38. The van der Waals surface area contributed by atoms with Crippen molar-refractivity contribution in [3.05, 3.63) is 53.6 Å². The van der Waals surface area contributed by atoms with Crippen molar-refractivity contribution in [1.82, 2.24) is 9.97 Å². The van der Waals surface area contributed by atoms with E-state index in [1.807, 2.05) is 31.2 Å². The largest absolute Gasteiger partial charge is 0.497 e. The normalized spacial score (nSPS) is 20.7. The summed E-state index contributed by atoms with van der Waals surface area (Å²) < 4.78 is 36.8. The average molecular weight is 376 g/mol. The van der Waals surface area contributed by atoms with Crippen molar-refractivity contribution in [3.8, 4) is 5.75 Å². The van der Waals surface area contributed by atoms with Crippen molar-refractivity contribution < 1.29 is 17.9 Å². The van der Waals surface area contributed by atoms with E-state index in [2.05, 4.69) is 9.97 Å². The summed E-state index contributed by atoms with van der Waals surface area (Å²) in [6.07, 6.45) is 4.57.